The number of nitrogens with zero attached hydrogens (tertiary/aromatic N) is 2. The number of rotatable bonds is 8. The van der Waals surface area contributed by atoms with Crippen molar-refractivity contribution in [2.45, 2.75) is 75.8 Å². The van der Waals surface area contributed by atoms with Crippen molar-refractivity contribution >= 4 is 29.5 Å². The number of aromatic nitrogens is 1. The monoisotopic (exact) mass is 437 g/mol. The van der Waals surface area contributed by atoms with E-state index in [2.05, 4.69) is 17.2 Å². The first-order valence-corrected chi connectivity index (χ1v) is 12.1. The van der Waals surface area contributed by atoms with Gasteiger partial charge < -0.3 is 15.3 Å². The number of amides is 1. The Morgan fingerprint density at radius 2 is 2.03 bits per heavy atom. The number of anilines is 1. The van der Waals surface area contributed by atoms with E-state index in [1.54, 1.807) is 0 Å². The van der Waals surface area contributed by atoms with Gasteiger partial charge in [-0.05, 0) is 49.8 Å². The van der Waals surface area contributed by atoms with Crippen molar-refractivity contribution in [1.82, 2.24) is 10.3 Å². The van der Waals surface area contributed by atoms with Crippen molar-refractivity contribution in [3.05, 3.63) is 17.4 Å². The normalized spacial score (nSPS) is 20.2. The second kappa shape index (κ2) is 11.0. The van der Waals surface area contributed by atoms with Gasteiger partial charge in [0.2, 0.25) is 0 Å². The van der Waals surface area contributed by atoms with Crippen LogP contribution in [0.15, 0.2) is 11.1 Å². The van der Waals surface area contributed by atoms with Gasteiger partial charge in [0, 0.05) is 25.6 Å². The largest absolute Gasteiger partial charge is 0.481 e. The fourth-order valence-corrected chi connectivity index (χ4v) is 5.19. The number of carboxylic acid groups (broad SMARTS) is 1. The summed E-state index contributed by atoms with van der Waals surface area (Å²) >= 11 is 1.48. The van der Waals surface area contributed by atoms with Gasteiger partial charge in [-0.1, -0.05) is 26.2 Å². The number of aliphatic carboxylic acids is 1. The van der Waals surface area contributed by atoms with E-state index in [1.165, 1.54) is 24.2 Å². The zero-order valence-corrected chi connectivity index (χ0v) is 18.5. The van der Waals surface area contributed by atoms with Crippen molar-refractivity contribution in [2.75, 3.05) is 23.7 Å². The Balaban J connectivity index is 1.81. The van der Waals surface area contributed by atoms with E-state index in [0.717, 1.165) is 50.7 Å². The molecule has 0 spiro atoms. The third kappa shape index (κ3) is 6.09. The van der Waals surface area contributed by atoms with Crippen molar-refractivity contribution < 1.29 is 19.1 Å². The Kier molecular flexibility index (Phi) is 8.36. The maximum absolute atomic E-state index is 15.1. The zero-order chi connectivity index (χ0) is 21.5. The van der Waals surface area contributed by atoms with Crippen molar-refractivity contribution in [1.29, 1.82) is 0 Å². The summed E-state index contributed by atoms with van der Waals surface area (Å²) in [7, 11) is 0. The average Bonchev–Trinajstić information content (AvgIpc) is 2.73. The number of halogens is 1. The van der Waals surface area contributed by atoms with Gasteiger partial charge in [-0.2, -0.15) is 0 Å². The summed E-state index contributed by atoms with van der Waals surface area (Å²) < 4.78 is 15.1. The molecule has 2 fully saturated rings. The highest BCUT2D eigenvalue weighted by molar-refractivity contribution is 7.99. The molecule has 30 heavy (non-hydrogen) atoms. The third-order valence-corrected chi connectivity index (χ3v) is 7.03. The molecule has 1 aliphatic heterocycles. The summed E-state index contributed by atoms with van der Waals surface area (Å²) in [5.41, 5.74) is 0.305. The van der Waals surface area contributed by atoms with Crippen LogP contribution in [0.1, 0.15) is 75.1 Å². The van der Waals surface area contributed by atoms with Crippen LogP contribution >= 0.6 is 11.8 Å². The molecule has 1 amide bonds. The van der Waals surface area contributed by atoms with Gasteiger partial charge in [-0.25, -0.2) is 9.37 Å². The second-order valence-corrected chi connectivity index (χ2v) is 9.44. The van der Waals surface area contributed by atoms with Crippen LogP contribution in [-0.2, 0) is 4.79 Å². The molecule has 1 aromatic rings. The van der Waals surface area contributed by atoms with Crippen LogP contribution in [0.4, 0.5) is 10.2 Å². The van der Waals surface area contributed by atoms with Crippen LogP contribution in [-0.4, -0.2) is 46.9 Å². The maximum atomic E-state index is 15.1. The summed E-state index contributed by atoms with van der Waals surface area (Å²) in [6.07, 6.45) is 7.99. The highest BCUT2D eigenvalue weighted by Gasteiger charge is 2.27. The van der Waals surface area contributed by atoms with Gasteiger partial charge in [0.05, 0.1) is 5.56 Å². The molecule has 1 aromatic heterocycles. The molecule has 3 rings (SSSR count). The Morgan fingerprint density at radius 3 is 2.73 bits per heavy atom. The summed E-state index contributed by atoms with van der Waals surface area (Å²) in [5.74, 6) is -0.578. The predicted molar refractivity (Wildman–Crippen MR) is 117 cm³/mol. The highest BCUT2D eigenvalue weighted by Crippen LogP contribution is 2.31. The molecule has 8 heteroatoms. The topological polar surface area (TPSA) is 82.5 Å². The lowest BCUT2D eigenvalue weighted by molar-refractivity contribution is -0.138. The van der Waals surface area contributed by atoms with E-state index < -0.39 is 11.8 Å². The number of thioether (sulfide) groups is 1. The fourth-order valence-electron chi connectivity index (χ4n) is 4.34. The molecule has 2 N–H and O–H groups in total. The molecule has 0 bridgehead atoms. The van der Waals surface area contributed by atoms with Crippen molar-refractivity contribution in [3.63, 3.8) is 0 Å². The van der Waals surface area contributed by atoms with Crippen LogP contribution < -0.4 is 10.2 Å². The molecule has 6 nitrogen and oxygen atoms in total. The number of pyridine rings is 1. The minimum Gasteiger partial charge on any atom is -0.481 e. The van der Waals surface area contributed by atoms with Crippen LogP contribution in [0.2, 0.25) is 0 Å². The molecule has 0 radical (unpaired) electrons. The van der Waals surface area contributed by atoms with Gasteiger partial charge in [0.1, 0.15) is 5.03 Å². The lowest BCUT2D eigenvalue weighted by Crippen LogP contribution is -2.38. The van der Waals surface area contributed by atoms with Gasteiger partial charge in [0.15, 0.2) is 11.6 Å². The summed E-state index contributed by atoms with van der Waals surface area (Å²) in [6.45, 7) is 3.17. The minimum absolute atomic E-state index is 0.0153. The predicted octanol–water partition coefficient (Wildman–Crippen LogP) is 4.48. The first-order valence-electron chi connectivity index (χ1n) is 11.1. The number of piperidine rings is 1. The number of carbonyl (C=O) groups excluding carboxylic acids is 1. The Labute approximate surface area is 182 Å². The molecule has 1 aliphatic carbocycles. The van der Waals surface area contributed by atoms with Crippen LogP contribution in [0.25, 0.3) is 0 Å². The van der Waals surface area contributed by atoms with E-state index in [-0.39, 0.29) is 30.1 Å². The lowest BCUT2D eigenvalue weighted by atomic mass is 9.95. The molecule has 1 atom stereocenters. The SMILES string of the molecule is CCCSc1nc(N2CCC[C@@H](CC(=O)O)C2)c(F)cc1C(=O)NC1CCCCC1. The van der Waals surface area contributed by atoms with Gasteiger partial charge in [-0.3, -0.25) is 9.59 Å². The number of hydrogen-bond acceptors (Lipinski definition) is 5. The standard InChI is InChI=1S/C22H32FN3O3S/c1-2-11-30-22-17(21(29)24-16-8-4-3-5-9-16)13-18(23)20(25-22)26-10-6-7-15(14-26)12-19(27)28/h13,15-16H,2-12,14H2,1H3,(H,24,29)(H,27,28)/t15-/m0/s1. The Morgan fingerprint density at radius 1 is 1.27 bits per heavy atom. The smallest absolute Gasteiger partial charge is 0.303 e. The van der Waals surface area contributed by atoms with Gasteiger partial charge in [0.25, 0.3) is 5.91 Å². The molecule has 1 saturated heterocycles. The van der Waals surface area contributed by atoms with E-state index in [9.17, 15) is 9.59 Å². The molecular weight excluding hydrogens is 405 g/mol. The van der Waals surface area contributed by atoms with Gasteiger partial charge >= 0.3 is 5.97 Å². The van der Waals surface area contributed by atoms with Crippen LogP contribution in [0.5, 0.6) is 0 Å². The van der Waals surface area contributed by atoms with E-state index in [0.29, 0.717) is 23.7 Å². The Bertz CT molecular complexity index is 755. The Hall–Kier alpha value is -1.83. The number of hydrogen-bond donors (Lipinski definition) is 2. The number of carbonyl (C=O) groups is 2. The lowest BCUT2D eigenvalue weighted by Gasteiger charge is -2.33. The van der Waals surface area contributed by atoms with Crippen LogP contribution in [0.3, 0.4) is 0 Å². The van der Waals surface area contributed by atoms with E-state index in [4.69, 9.17) is 5.11 Å². The van der Waals surface area contributed by atoms with Gasteiger partial charge in [-0.15, -0.1) is 11.8 Å². The third-order valence-electron chi connectivity index (χ3n) is 5.83. The van der Waals surface area contributed by atoms with Crippen molar-refractivity contribution in [2.24, 2.45) is 5.92 Å². The highest BCUT2D eigenvalue weighted by atomic mass is 32.2. The second-order valence-electron chi connectivity index (χ2n) is 8.36. The quantitative estimate of drug-likeness (QED) is 0.584. The van der Waals surface area contributed by atoms with E-state index in [1.807, 2.05) is 4.90 Å². The zero-order valence-electron chi connectivity index (χ0n) is 17.7. The molecule has 166 valence electrons. The first-order chi connectivity index (χ1) is 14.5. The first kappa shape index (κ1) is 22.8. The maximum Gasteiger partial charge on any atom is 0.303 e. The number of nitrogens with one attached hydrogen (secondary N) is 1. The molecule has 2 heterocycles. The molecule has 0 unspecified atom stereocenters. The number of carboxylic acids is 1. The summed E-state index contributed by atoms with van der Waals surface area (Å²) in [6, 6.07) is 1.47. The molecule has 1 saturated carbocycles. The van der Waals surface area contributed by atoms with Crippen molar-refractivity contribution in [3.8, 4) is 0 Å². The van der Waals surface area contributed by atoms with E-state index >= 15 is 4.39 Å². The minimum atomic E-state index is -0.829. The van der Waals surface area contributed by atoms with Crippen LogP contribution in [0, 0.1) is 11.7 Å². The molecule has 2 aliphatic rings. The fraction of sp³-hybridized carbons (Fsp3) is 0.682. The molecule has 0 aromatic carbocycles. The summed E-state index contributed by atoms with van der Waals surface area (Å²) in [5, 5.41) is 12.7. The average molecular weight is 438 g/mol. The summed E-state index contributed by atoms with van der Waals surface area (Å²) in [4.78, 5) is 30.4. The molecular formula is C22H32FN3O3S.